The number of carbonyl (C=O) groups excluding carboxylic acids is 2. The third-order valence-corrected chi connectivity index (χ3v) is 11.9. The van der Waals surface area contributed by atoms with Gasteiger partial charge in [-0.25, -0.2) is 4.57 Å². The molecule has 0 aliphatic rings. The average molecular weight is 861 g/mol. The Morgan fingerprint density at radius 1 is 0.492 bits per heavy atom. The van der Waals surface area contributed by atoms with Gasteiger partial charge < -0.3 is 24.6 Å². The molecule has 10 nitrogen and oxygen atoms in total. The number of aliphatic hydroxyl groups is 2. The van der Waals surface area contributed by atoms with Crippen LogP contribution in [-0.2, 0) is 32.7 Å². The van der Waals surface area contributed by atoms with Gasteiger partial charge >= 0.3 is 19.8 Å². The molecule has 0 radical (unpaired) electrons. The summed E-state index contributed by atoms with van der Waals surface area (Å²) in [4.78, 5) is 35.1. The molecule has 0 aromatic carbocycles. The monoisotopic (exact) mass is 861 g/mol. The van der Waals surface area contributed by atoms with E-state index in [0.717, 1.165) is 38.5 Å². The van der Waals surface area contributed by atoms with Crippen LogP contribution in [0.25, 0.3) is 0 Å². The van der Waals surface area contributed by atoms with Crippen molar-refractivity contribution in [2.75, 3.05) is 26.4 Å². The lowest BCUT2D eigenvalue weighted by Gasteiger charge is -2.20. The molecule has 350 valence electrons. The fourth-order valence-corrected chi connectivity index (χ4v) is 7.90. The molecule has 0 amide bonds. The average Bonchev–Trinajstić information content (AvgIpc) is 3.22. The van der Waals surface area contributed by atoms with Gasteiger partial charge in [-0.15, -0.1) is 0 Å². The highest BCUT2D eigenvalue weighted by atomic mass is 31.2. The van der Waals surface area contributed by atoms with Crippen molar-refractivity contribution in [3.63, 3.8) is 0 Å². The molecule has 0 aromatic rings. The first-order chi connectivity index (χ1) is 28.7. The second-order valence-electron chi connectivity index (χ2n) is 16.8. The maximum absolute atomic E-state index is 12.6. The Labute approximate surface area is 362 Å². The summed E-state index contributed by atoms with van der Waals surface area (Å²) in [5, 5.41) is 18.4. The number of rotatable bonds is 47. The Morgan fingerprint density at radius 2 is 0.831 bits per heavy atom. The summed E-state index contributed by atoms with van der Waals surface area (Å²) in [5.41, 5.74) is 0. The zero-order valence-corrected chi connectivity index (χ0v) is 39.1. The van der Waals surface area contributed by atoms with Gasteiger partial charge in [0.2, 0.25) is 0 Å². The topological polar surface area (TPSA) is 149 Å². The van der Waals surface area contributed by atoms with Crippen LogP contribution in [0.4, 0.5) is 0 Å². The quantitative estimate of drug-likeness (QED) is 0.0234. The molecule has 0 saturated heterocycles. The van der Waals surface area contributed by atoms with Gasteiger partial charge in [-0.2, -0.15) is 0 Å². The summed E-state index contributed by atoms with van der Waals surface area (Å²) in [6.45, 7) is 2.42. The Morgan fingerprint density at radius 3 is 1.22 bits per heavy atom. The molecule has 0 bridgehead atoms. The molecule has 0 heterocycles. The van der Waals surface area contributed by atoms with E-state index in [2.05, 4.69) is 26.0 Å². The summed E-state index contributed by atoms with van der Waals surface area (Å²) >= 11 is 0. The van der Waals surface area contributed by atoms with Gasteiger partial charge in [0.15, 0.2) is 6.10 Å². The minimum Gasteiger partial charge on any atom is -0.462 e. The number of esters is 2. The summed E-state index contributed by atoms with van der Waals surface area (Å²) in [7, 11) is -4.62. The maximum Gasteiger partial charge on any atom is 0.472 e. The van der Waals surface area contributed by atoms with Gasteiger partial charge in [0.25, 0.3) is 0 Å². The minimum atomic E-state index is -4.62. The Hall–Kier alpha value is -1.29. The Bertz CT molecular complexity index is 993. The van der Waals surface area contributed by atoms with E-state index in [1.54, 1.807) is 0 Å². The van der Waals surface area contributed by atoms with Crippen molar-refractivity contribution in [2.24, 2.45) is 0 Å². The molecule has 0 spiro atoms. The summed E-state index contributed by atoms with van der Waals surface area (Å²) in [6.07, 6.45) is 44.6. The van der Waals surface area contributed by atoms with Crippen LogP contribution in [-0.4, -0.2) is 65.7 Å². The molecule has 11 heteroatoms. The predicted octanol–water partition coefficient (Wildman–Crippen LogP) is 13.6. The number of ether oxygens (including phenoxy) is 2. The number of phosphoric ester groups is 1. The van der Waals surface area contributed by atoms with E-state index in [-0.39, 0.29) is 19.4 Å². The lowest BCUT2D eigenvalue weighted by atomic mass is 10.0. The van der Waals surface area contributed by atoms with Crippen molar-refractivity contribution >= 4 is 19.8 Å². The minimum absolute atomic E-state index is 0.184. The number of allylic oxidation sites excluding steroid dienone is 2. The molecule has 59 heavy (non-hydrogen) atoms. The SMILES string of the molecule is CCCCCCCC/C=C/CCCCCCCCCC(=O)O[C@H](COC(=O)CCCCCCCCCCCCCCCCCCCCC)COP(=O)(O)OC[C@@H](O)CO. The smallest absolute Gasteiger partial charge is 0.462 e. The number of aliphatic hydroxyl groups excluding tert-OH is 2. The highest BCUT2D eigenvalue weighted by Gasteiger charge is 2.27. The first-order valence-corrected chi connectivity index (χ1v) is 26.1. The summed E-state index contributed by atoms with van der Waals surface area (Å²) < 4.78 is 32.8. The molecule has 0 saturated carbocycles. The normalized spacial score (nSPS) is 13.8. The summed E-state index contributed by atoms with van der Waals surface area (Å²) in [6, 6.07) is 0. The van der Waals surface area contributed by atoms with E-state index in [1.807, 2.05) is 0 Å². The molecular formula is C48H93O10P. The predicted molar refractivity (Wildman–Crippen MR) is 242 cm³/mol. The maximum atomic E-state index is 12.6. The third-order valence-electron chi connectivity index (χ3n) is 10.9. The van der Waals surface area contributed by atoms with Crippen molar-refractivity contribution in [1.82, 2.24) is 0 Å². The van der Waals surface area contributed by atoms with E-state index in [1.165, 1.54) is 167 Å². The highest BCUT2D eigenvalue weighted by molar-refractivity contribution is 7.47. The Kier molecular flexibility index (Phi) is 43.8. The molecule has 0 aliphatic carbocycles. The van der Waals surface area contributed by atoms with Gasteiger partial charge in [0.1, 0.15) is 12.7 Å². The van der Waals surface area contributed by atoms with Crippen LogP contribution < -0.4 is 0 Å². The number of hydrogen-bond donors (Lipinski definition) is 3. The van der Waals surface area contributed by atoms with Crippen LogP contribution in [0, 0.1) is 0 Å². The van der Waals surface area contributed by atoms with Crippen LogP contribution in [0.5, 0.6) is 0 Å². The largest absolute Gasteiger partial charge is 0.472 e. The second kappa shape index (κ2) is 44.8. The van der Waals surface area contributed by atoms with Crippen molar-refractivity contribution < 1.29 is 47.8 Å². The zero-order chi connectivity index (χ0) is 43.3. The first-order valence-electron chi connectivity index (χ1n) is 24.6. The third kappa shape index (κ3) is 44.6. The number of unbranched alkanes of at least 4 members (excludes halogenated alkanes) is 31. The second-order valence-corrected chi connectivity index (χ2v) is 18.3. The standard InChI is InChI=1S/C48H93O10P/c1-3-5-7-9-11-13-15-17-19-21-22-24-25-27-29-31-33-35-37-39-47(51)55-43-46(44-57-59(53,54)56-42-45(50)41-49)58-48(52)40-38-36-34-32-30-28-26-23-20-18-16-14-12-10-8-6-4-2/h18,20,45-46,49-50H,3-17,19,21-44H2,1-2H3,(H,53,54)/b20-18+/t45-,46+/m0/s1. The van der Waals surface area contributed by atoms with Crippen LogP contribution in [0.1, 0.15) is 245 Å². The molecule has 3 N–H and O–H groups in total. The van der Waals surface area contributed by atoms with Crippen molar-refractivity contribution in [2.45, 2.75) is 257 Å². The molecule has 0 aliphatic heterocycles. The number of hydrogen-bond acceptors (Lipinski definition) is 9. The van der Waals surface area contributed by atoms with E-state index >= 15 is 0 Å². The van der Waals surface area contributed by atoms with Crippen LogP contribution in [0.2, 0.25) is 0 Å². The van der Waals surface area contributed by atoms with Gasteiger partial charge in [-0.3, -0.25) is 18.6 Å². The van der Waals surface area contributed by atoms with Crippen LogP contribution >= 0.6 is 7.82 Å². The number of phosphoric acid groups is 1. The van der Waals surface area contributed by atoms with Gasteiger partial charge in [0.05, 0.1) is 19.8 Å². The molecule has 0 rings (SSSR count). The van der Waals surface area contributed by atoms with Crippen molar-refractivity contribution in [3.05, 3.63) is 12.2 Å². The molecule has 1 unspecified atom stereocenters. The summed E-state index contributed by atoms with van der Waals surface area (Å²) in [5.74, 6) is -0.915. The highest BCUT2D eigenvalue weighted by Crippen LogP contribution is 2.43. The number of carbonyl (C=O) groups is 2. The molecular weight excluding hydrogens is 767 g/mol. The lowest BCUT2D eigenvalue weighted by molar-refractivity contribution is -0.161. The molecule has 3 atom stereocenters. The fourth-order valence-electron chi connectivity index (χ4n) is 7.11. The van der Waals surface area contributed by atoms with E-state index < -0.39 is 51.8 Å². The van der Waals surface area contributed by atoms with Crippen molar-refractivity contribution in [3.8, 4) is 0 Å². The molecule has 0 fully saturated rings. The van der Waals surface area contributed by atoms with Gasteiger partial charge in [-0.1, -0.05) is 206 Å². The molecule has 0 aromatic heterocycles. The van der Waals surface area contributed by atoms with Crippen LogP contribution in [0.3, 0.4) is 0 Å². The van der Waals surface area contributed by atoms with Crippen LogP contribution in [0.15, 0.2) is 12.2 Å². The Balaban J connectivity index is 4.18. The first kappa shape index (κ1) is 57.7. The van der Waals surface area contributed by atoms with Gasteiger partial charge in [-0.05, 0) is 38.5 Å². The fraction of sp³-hybridized carbons (Fsp3) is 0.917. The van der Waals surface area contributed by atoms with Crippen molar-refractivity contribution in [1.29, 1.82) is 0 Å². The zero-order valence-electron chi connectivity index (χ0n) is 38.2. The van der Waals surface area contributed by atoms with E-state index in [0.29, 0.717) is 12.8 Å². The van der Waals surface area contributed by atoms with E-state index in [4.69, 9.17) is 23.6 Å². The van der Waals surface area contributed by atoms with Gasteiger partial charge in [0, 0.05) is 12.8 Å². The lowest BCUT2D eigenvalue weighted by Crippen LogP contribution is -2.29. The van der Waals surface area contributed by atoms with E-state index in [9.17, 15) is 24.2 Å².